The summed E-state index contributed by atoms with van der Waals surface area (Å²) in [4.78, 5) is 25.2. The molecular weight excluding hydrogens is 288 g/mol. The molecule has 0 atom stereocenters. The summed E-state index contributed by atoms with van der Waals surface area (Å²) in [5, 5.41) is 18.1. The van der Waals surface area contributed by atoms with Crippen LogP contribution in [0.1, 0.15) is 22.8 Å². The minimum atomic E-state index is -0.678. The number of carbonyl (C=O) groups excluding carboxylic acids is 1. The molecule has 114 valence electrons. The van der Waals surface area contributed by atoms with Gasteiger partial charge in [-0.05, 0) is 30.9 Å². The number of aromatic nitrogens is 3. The van der Waals surface area contributed by atoms with E-state index in [0.717, 1.165) is 5.56 Å². The molecule has 1 heterocycles. The number of hydrogen-bond donors (Lipinski definition) is 1. The molecule has 0 spiro atoms. The first-order valence-corrected chi connectivity index (χ1v) is 6.39. The Balaban J connectivity index is 1.97. The fraction of sp³-hybridized carbons (Fsp3) is 0.231. The Morgan fingerprint density at radius 3 is 2.91 bits per heavy atom. The van der Waals surface area contributed by atoms with Crippen LogP contribution in [0.15, 0.2) is 35.7 Å². The van der Waals surface area contributed by atoms with Gasteiger partial charge in [-0.15, -0.1) is 0 Å². The van der Waals surface area contributed by atoms with E-state index in [1.807, 2.05) is 13.0 Å². The average Bonchev–Trinajstić information content (AvgIpc) is 2.93. The number of nitrogens with zero attached hydrogens (tertiary/aromatic N) is 5. The predicted octanol–water partition coefficient (Wildman–Crippen LogP) is 1.30. The van der Waals surface area contributed by atoms with Gasteiger partial charge in [0.2, 0.25) is 6.33 Å². The number of hydrazone groups is 1. The van der Waals surface area contributed by atoms with Crippen LogP contribution in [0.3, 0.4) is 0 Å². The van der Waals surface area contributed by atoms with Gasteiger partial charge in [-0.25, -0.2) is 5.43 Å². The van der Waals surface area contributed by atoms with Crippen molar-refractivity contribution in [2.45, 2.75) is 20.4 Å². The van der Waals surface area contributed by atoms with E-state index in [-0.39, 0.29) is 12.5 Å². The van der Waals surface area contributed by atoms with E-state index < -0.39 is 10.9 Å². The molecule has 0 aliphatic rings. The lowest BCUT2D eigenvalue weighted by molar-refractivity contribution is -0.394. The highest BCUT2D eigenvalue weighted by Gasteiger charge is 2.13. The van der Waals surface area contributed by atoms with Gasteiger partial charge in [-0.3, -0.25) is 4.79 Å². The van der Waals surface area contributed by atoms with Crippen LogP contribution in [0.4, 0.5) is 5.95 Å². The highest BCUT2D eigenvalue weighted by atomic mass is 16.6. The lowest BCUT2D eigenvalue weighted by Crippen LogP contribution is -2.20. The van der Waals surface area contributed by atoms with Crippen molar-refractivity contribution in [1.82, 2.24) is 20.2 Å². The molecule has 1 amide bonds. The second kappa shape index (κ2) is 6.57. The maximum atomic E-state index is 11.9. The van der Waals surface area contributed by atoms with E-state index in [1.165, 1.54) is 11.0 Å². The summed E-state index contributed by atoms with van der Waals surface area (Å²) < 4.78 is 1.27. The van der Waals surface area contributed by atoms with Crippen LogP contribution < -0.4 is 5.43 Å². The van der Waals surface area contributed by atoms with Gasteiger partial charge in [0.1, 0.15) is 0 Å². The Kier molecular flexibility index (Phi) is 4.57. The second-order valence-electron chi connectivity index (χ2n) is 4.66. The minimum Gasteiger partial charge on any atom is -0.390 e. The number of carbonyl (C=O) groups is 1. The third kappa shape index (κ3) is 3.95. The van der Waals surface area contributed by atoms with Gasteiger partial charge >= 0.3 is 5.95 Å². The maximum Gasteiger partial charge on any atom is 0.490 e. The zero-order chi connectivity index (χ0) is 16.1. The smallest absolute Gasteiger partial charge is 0.390 e. The molecular formula is C13H14N6O3. The summed E-state index contributed by atoms with van der Waals surface area (Å²) in [6.45, 7) is 3.75. The number of aryl methyl sites for hydroxylation is 1. The van der Waals surface area contributed by atoms with Gasteiger partial charge in [0.05, 0.1) is 12.3 Å². The van der Waals surface area contributed by atoms with Gasteiger partial charge < -0.3 is 10.1 Å². The monoisotopic (exact) mass is 302 g/mol. The molecule has 0 aliphatic carbocycles. The van der Waals surface area contributed by atoms with Gasteiger partial charge in [0.15, 0.2) is 0 Å². The Morgan fingerprint density at radius 2 is 2.27 bits per heavy atom. The van der Waals surface area contributed by atoms with Gasteiger partial charge in [-0.2, -0.15) is 9.78 Å². The highest BCUT2D eigenvalue weighted by Crippen LogP contribution is 2.03. The van der Waals surface area contributed by atoms with Crippen LogP contribution >= 0.6 is 0 Å². The second-order valence-corrected chi connectivity index (χ2v) is 4.66. The van der Waals surface area contributed by atoms with E-state index in [4.69, 9.17) is 0 Å². The molecule has 1 aromatic carbocycles. The van der Waals surface area contributed by atoms with Crippen molar-refractivity contribution >= 4 is 17.6 Å². The van der Waals surface area contributed by atoms with Crippen LogP contribution in [0.2, 0.25) is 0 Å². The van der Waals surface area contributed by atoms with Gasteiger partial charge in [-0.1, -0.05) is 22.7 Å². The largest absolute Gasteiger partial charge is 0.490 e. The molecule has 22 heavy (non-hydrogen) atoms. The number of benzene rings is 1. The first-order valence-electron chi connectivity index (χ1n) is 6.39. The molecule has 0 aliphatic heterocycles. The quantitative estimate of drug-likeness (QED) is 0.507. The van der Waals surface area contributed by atoms with E-state index in [9.17, 15) is 14.9 Å². The average molecular weight is 302 g/mol. The summed E-state index contributed by atoms with van der Waals surface area (Å²) in [7, 11) is 0. The van der Waals surface area contributed by atoms with Crippen molar-refractivity contribution in [2.24, 2.45) is 5.10 Å². The Hall–Kier alpha value is -3.10. The molecule has 9 heteroatoms. The van der Waals surface area contributed by atoms with Gasteiger partial charge in [0.25, 0.3) is 5.91 Å². The number of rotatable bonds is 5. The van der Waals surface area contributed by atoms with Crippen LogP contribution in [-0.4, -0.2) is 31.3 Å². The van der Waals surface area contributed by atoms with E-state index >= 15 is 0 Å². The lowest BCUT2D eigenvalue weighted by atomic mass is 10.1. The van der Waals surface area contributed by atoms with Crippen molar-refractivity contribution in [2.75, 3.05) is 0 Å². The minimum absolute atomic E-state index is 0.189. The fourth-order valence-electron chi connectivity index (χ4n) is 1.71. The molecule has 9 nitrogen and oxygen atoms in total. The Bertz CT molecular complexity index is 737. The molecule has 1 N–H and O–H groups in total. The summed E-state index contributed by atoms with van der Waals surface area (Å²) in [5.74, 6) is -0.802. The third-order valence-electron chi connectivity index (χ3n) is 2.71. The van der Waals surface area contributed by atoms with E-state index in [2.05, 4.69) is 20.6 Å². The number of nitro groups is 1. The van der Waals surface area contributed by atoms with Gasteiger partial charge in [0, 0.05) is 10.7 Å². The summed E-state index contributed by atoms with van der Waals surface area (Å²) in [5.41, 5.74) is 4.44. The maximum absolute atomic E-state index is 11.9. The Morgan fingerprint density at radius 1 is 1.50 bits per heavy atom. The van der Waals surface area contributed by atoms with Crippen LogP contribution in [-0.2, 0) is 6.54 Å². The first-order chi connectivity index (χ1) is 10.5. The standard InChI is InChI=1S/C13H14N6O3/c1-9-4-3-5-11(6-9)12(20)16-15-10(2)7-18-8-14-13(17-18)19(21)22/h3-6,8H,7H2,1-2H3,(H,16,20)/b15-10-. The van der Waals surface area contributed by atoms with Crippen molar-refractivity contribution in [3.63, 3.8) is 0 Å². The van der Waals surface area contributed by atoms with Crippen molar-refractivity contribution < 1.29 is 9.72 Å². The number of nitrogens with one attached hydrogen (secondary N) is 1. The van der Waals surface area contributed by atoms with E-state index in [0.29, 0.717) is 11.3 Å². The summed E-state index contributed by atoms with van der Waals surface area (Å²) in [6.07, 6.45) is 1.24. The van der Waals surface area contributed by atoms with Crippen molar-refractivity contribution in [3.8, 4) is 0 Å². The zero-order valence-electron chi connectivity index (χ0n) is 12.1. The number of amides is 1. The van der Waals surface area contributed by atoms with Crippen molar-refractivity contribution in [1.29, 1.82) is 0 Å². The molecule has 1 aromatic heterocycles. The third-order valence-corrected chi connectivity index (χ3v) is 2.71. The fourth-order valence-corrected chi connectivity index (χ4v) is 1.71. The summed E-state index contributed by atoms with van der Waals surface area (Å²) >= 11 is 0. The van der Waals surface area contributed by atoms with Crippen LogP contribution in [0.25, 0.3) is 0 Å². The molecule has 0 unspecified atom stereocenters. The number of hydrogen-bond acceptors (Lipinski definition) is 6. The normalized spacial score (nSPS) is 11.3. The molecule has 2 rings (SSSR count). The Labute approximate surface area is 125 Å². The SMILES string of the molecule is C/C(Cn1cnc([N+](=O)[O-])n1)=N/NC(=O)c1cccc(C)c1. The molecule has 2 aromatic rings. The lowest BCUT2D eigenvalue weighted by Gasteiger charge is -2.02. The molecule has 0 bridgehead atoms. The first kappa shape index (κ1) is 15.3. The van der Waals surface area contributed by atoms with Crippen LogP contribution in [0.5, 0.6) is 0 Å². The molecule has 0 fully saturated rings. The molecule has 0 saturated carbocycles. The zero-order valence-corrected chi connectivity index (χ0v) is 12.1. The molecule has 0 saturated heterocycles. The van der Waals surface area contributed by atoms with E-state index in [1.54, 1.807) is 25.1 Å². The highest BCUT2D eigenvalue weighted by molar-refractivity contribution is 5.95. The summed E-state index contributed by atoms with van der Waals surface area (Å²) in [6, 6.07) is 7.12. The van der Waals surface area contributed by atoms with Crippen LogP contribution in [0, 0.1) is 17.0 Å². The topological polar surface area (TPSA) is 115 Å². The molecule has 0 radical (unpaired) electrons. The predicted molar refractivity (Wildman–Crippen MR) is 78.4 cm³/mol. The van der Waals surface area contributed by atoms with Crippen molar-refractivity contribution in [3.05, 3.63) is 51.8 Å².